The molecule has 7 rings (SSSR count). The molecule has 3 saturated carbocycles. The molecular formula is C69H106O11. The number of benzene rings is 1. The lowest BCUT2D eigenvalue weighted by Gasteiger charge is -2.44. The van der Waals surface area contributed by atoms with Gasteiger partial charge in [-0.05, 0) is 187 Å². The van der Waals surface area contributed by atoms with Gasteiger partial charge < -0.3 is 33.2 Å². The molecule has 3 aliphatic carbocycles. The minimum absolute atomic E-state index is 0.00873. The third-order valence-corrected chi connectivity index (χ3v) is 19.9. The van der Waals surface area contributed by atoms with Gasteiger partial charge >= 0.3 is 24.2 Å². The summed E-state index contributed by atoms with van der Waals surface area (Å²) < 4.78 is 38.4. The fourth-order valence-corrected chi connectivity index (χ4v) is 13.5. The zero-order valence-electron chi connectivity index (χ0n) is 52.5. The van der Waals surface area contributed by atoms with Gasteiger partial charge in [0.15, 0.2) is 0 Å². The highest BCUT2D eigenvalue weighted by Gasteiger charge is 2.51. The number of carbonyl (C=O) groups is 4. The summed E-state index contributed by atoms with van der Waals surface area (Å²) in [6.45, 7) is 37.3. The average Bonchev–Trinajstić information content (AvgIpc) is 3.99. The molecular weight excluding hydrogens is 1000 g/mol. The van der Waals surface area contributed by atoms with Crippen molar-refractivity contribution in [1.82, 2.24) is 0 Å². The highest BCUT2D eigenvalue weighted by Crippen LogP contribution is 2.60. The van der Waals surface area contributed by atoms with Crippen LogP contribution in [0.1, 0.15) is 221 Å². The van der Waals surface area contributed by atoms with Gasteiger partial charge in [0.2, 0.25) is 0 Å². The van der Waals surface area contributed by atoms with Crippen LogP contribution in [0, 0.1) is 84.4 Å². The molecule has 448 valence electrons. The first kappa shape index (κ1) is 64.6. The Hall–Kier alpha value is -4.54. The first-order chi connectivity index (χ1) is 37.7. The van der Waals surface area contributed by atoms with Crippen LogP contribution in [0.2, 0.25) is 0 Å². The second-order valence-corrected chi connectivity index (χ2v) is 27.8. The van der Waals surface area contributed by atoms with Gasteiger partial charge in [-0.1, -0.05) is 149 Å². The van der Waals surface area contributed by atoms with Crippen molar-refractivity contribution in [1.29, 1.82) is 0 Å². The molecule has 0 radical (unpaired) electrons. The zero-order chi connectivity index (χ0) is 58.7. The molecule has 5 fully saturated rings. The molecule has 3 aliphatic heterocycles. The maximum atomic E-state index is 13.1. The van der Waals surface area contributed by atoms with E-state index in [1.54, 1.807) is 19.4 Å². The molecule has 80 heavy (non-hydrogen) atoms. The number of esters is 2. The van der Waals surface area contributed by atoms with E-state index in [1.165, 1.54) is 89.0 Å². The summed E-state index contributed by atoms with van der Waals surface area (Å²) in [4.78, 5) is 48.5. The molecule has 3 heterocycles. The standard InChI is InChI=1S/C35H56O6.C34H50O5/c1-23(2)13-10-14-24(3)15-11-16-25(4)17-12-19-35(9)20-18-29-28(7)30(26(5)27(6)31(29)41-35)40-32(36)34(8)21-38-33(37)39-22-34;1-22(2)23(3)10-11-25(5)29-16-17-30-26(9-8-18-34(29,30)7)13-14-27-19-28(15-12-24(27)4)39-31(35)33(6)20-37-32(36)38-21-33/h23-25H,10-22H2,1-9H3;10-11,13-14,22-23,25,28-30H,4,8-9,12,15-21H2,1-3,5-7H3/b;11-10+,26-13+,27-14-/t24-,25-,35-;23-,25+,28-,29+,30-,34+/m10/s1. The number of carbonyl (C=O) groups excluding carboxylic acids is 4. The summed E-state index contributed by atoms with van der Waals surface area (Å²) >= 11 is 0. The smallest absolute Gasteiger partial charge is 0.487 e. The van der Waals surface area contributed by atoms with Crippen LogP contribution in [0.25, 0.3) is 0 Å². The van der Waals surface area contributed by atoms with Crippen molar-refractivity contribution in [2.45, 2.75) is 238 Å². The molecule has 0 bridgehead atoms. The Balaban J connectivity index is 0.000000258. The summed E-state index contributed by atoms with van der Waals surface area (Å²) in [7, 11) is 0. The summed E-state index contributed by atoms with van der Waals surface area (Å²) in [6.07, 6.45) is 29.9. The van der Waals surface area contributed by atoms with E-state index < -0.39 is 29.1 Å². The van der Waals surface area contributed by atoms with Gasteiger partial charge in [0.25, 0.3) is 0 Å². The number of fused-ring (bicyclic) bond motifs is 2. The quantitative estimate of drug-likeness (QED) is 0.0504. The second-order valence-electron chi connectivity index (χ2n) is 27.8. The zero-order valence-corrected chi connectivity index (χ0v) is 52.5. The van der Waals surface area contributed by atoms with Crippen LogP contribution in [0.5, 0.6) is 11.5 Å². The summed E-state index contributed by atoms with van der Waals surface area (Å²) in [5.74, 6) is 6.41. The molecule has 0 N–H and O–H groups in total. The molecule has 1 aromatic rings. The minimum Gasteiger partial charge on any atom is -0.487 e. The lowest BCUT2D eigenvalue weighted by atomic mass is 9.61. The lowest BCUT2D eigenvalue weighted by molar-refractivity contribution is -0.172. The van der Waals surface area contributed by atoms with Crippen LogP contribution in [0.15, 0.2) is 47.6 Å². The Morgan fingerprint density at radius 1 is 0.675 bits per heavy atom. The summed E-state index contributed by atoms with van der Waals surface area (Å²) in [5.41, 5.74) is 6.09. The van der Waals surface area contributed by atoms with Crippen molar-refractivity contribution in [2.24, 2.45) is 63.6 Å². The first-order valence-corrected chi connectivity index (χ1v) is 31.3. The topological polar surface area (TPSA) is 133 Å². The fraction of sp³-hybridized carbons (Fsp3) is 0.739. The normalized spacial score (nSPS) is 27.8. The number of rotatable bonds is 21. The predicted molar refractivity (Wildman–Crippen MR) is 319 cm³/mol. The van der Waals surface area contributed by atoms with Crippen molar-refractivity contribution in [3.8, 4) is 11.5 Å². The number of allylic oxidation sites excluding steroid dienone is 6. The van der Waals surface area contributed by atoms with E-state index >= 15 is 0 Å². The second kappa shape index (κ2) is 28.2. The average molecular weight is 1110 g/mol. The van der Waals surface area contributed by atoms with Crippen LogP contribution in [0.4, 0.5) is 9.59 Å². The highest BCUT2D eigenvalue weighted by molar-refractivity contribution is 5.82. The Labute approximate surface area is 483 Å². The van der Waals surface area contributed by atoms with Crippen LogP contribution in [0.3, 0.4) is 0 Å². The van der Waals surface area contributed by atoms with Crippen molar-refractivity contribution in [3.05, 3.63) is 69.9 Å². The number of hydrogen-bond donors (Lipinski definition) is 0. The van der Waals surface area contributed by atoms with E-state index in [-0.39, 0.29) is 44.1 Å². The Kier molecular flexibility index (Phi) is 22.7. The Morgan fingerprint density at radius 2 is 1.26 bits per heavy atom. The maximum Gasteiger partial charge on any atom is 0.508 e. The summed E-state index contributed by atoms with van der Waals surface area (Å²) in [6, 6.07) is 0. The van der Waals surface area contributed by atoms with E-state index in [0.717, 1.165) is 89.4 Å². The molecule has 11 heteroatoms. The van der Waals surface area contributed by atoms with Crippen LogP contribution < -0.4 is 9.47 Å². The van der Waals surface area contributed by atoms with Gasteiger partial charge in [0.05, 0.1) is 0 Å². The molecule has 2 saturated heterocycles. The fourth-order valence-electron chi connectivity index (χ4n) is 13.5. The first-order valence-electron chi connectivity index (χ1n) is 31.3. The van der Waals surface area contributed by atoms with Crippen LogP contribution in [-0.4, -0.2) is 62.4 Å². The molecule has 6 aliphatic rings. The Bertz CT molecular complexity index is 2400. The van der Waals surface area contributed by atoms with E-state index in [9.17, 15) is 19.2 Å². The highest BCUT2D eigenvalue weighted by atomic mass is 16.7. The molecule has 0 aromatic heterocycles. The van der Waals surface area contributed by atoms with E-state index in [2.05, 4.69) is 107 Å². The van der Waals surface area contributed by atoms with Gasteiger partial charge in [-0.25, -0.2) is 9.59 Å². The summed E-state index contributed by atoms with van der Waals surface area (Å²) in [5, 5.41) is 0. The lowest BCUT2D eigenvalue weighted by Crippen LogP contribution is -2.45. The maximum absolute atomic E-state index is 13.1. The van der Waals surface area contributed by atoms with E-state index in [4.69, 9.17) is 33.2 Å². The molecule has 0 spiro atoms. The number of ether oxygens (including phenoxy) is 7. The van der Waals surface area contributed by atoms with E-state index in [1.807, 2.05) is 13.8 Å². The molecule has 0 amide bonds. The van der Waals surface area contributed by atoms with Gasteiger partial charge in [-0.3, -0.25) is 9.59 Å². The van der Waals surface area contributed by atoms with Gasteiger partial charge in [0.1, 0.15) is 60.5 Å². The molecule has 9 atom stereocenters. The molecule has 11 nitrogen and oxygen atoms in total. The predicted octanol–water partition coefficient (Wildman–Crippen LogP) is 17.6. The SMILES string of the molecule is C=C1CC[C@H](OC(=O)C2(C)COC(=O)OC2)C/C1=C/C=C1\CCC[C@]2(C)[C@@H]([C@H](C)/C=C/[C@H](C)C(C)C)CC[C@@H]12.Cc1c(C)c2c(c(C)c1OC(=O)C1(C)COC(=O)OC1)CC[C@@](C)(CCC[C@H](C)CCC[C@H](C)CCCC(C)C)O2. The van der Waals surface area contributed by atoms with Crippen LogP contribution in [-0.2, 0) is 39.7 Å². The third kappa shape index (κ3) is 16.6. The van der Waals surface area contributed by atoms with Crippen molar-refractivity contribution in [3.63, 3.8) is 0 Å². The number of cyclic esters (lactones) is 4. The monoisotopic (exact) mass is 1110 g/mol. The van der Waals surface area contributed by atoms with Gasteiger partial charge in [-0.2, -0.15) is 0 Å². The van der Waals surface area contributed by atoms with E-state index in [0.29, 0.717) is 41.3 Å². The Morgan fingerprint density at radius 3 is 1.86 bits per heavy atom. The van der Waals surface area contributed by atoms with Crippen LogP contribution >= 0.6 is 0 Å². The largest absolute Gasteiger partial charge is 0.508 e. The van der Waals surface area contributed by atoms with Crippen molar-refractivity contribution in [2.75, 3.05) is 26.4 Å². The molecule has 1 aromatic carbocycles. The third-order valence-electron chi connectivity index (χ3n) is 19.9. The minimum atomic E-state index is -1.03. The number of hydrogen-bond acceptors (Lipinski definition) is 11. The van der Waals surface area contributed by atoms with Gasteiger partial charge in [-0.15, -0.1) is 0 Å². The van der Waals surface area contributed by atoms with Gasteiger partial charge in [0, 0.05) is 12.0 Å². The van der Waals surface area contributed by atoms with Crippen molar-refractivity contribution < 1.29 is 52.3 Å². The van der Waals surface area contributed by atoms with Crippen molar-refractivity contribution >= 4 is 24.2 Å². The molecule has 0 unspecified atom stereocenters.